The molecule has 0 aromatic heterocycles. The Morgan fingerprint density at radius 3 is 2.39 bits per heavy atom. The fourth-order valence-corrected chi connectivity index (χ4v) is 2.28. The Morgan fingerprint density at radius 2 is 1.83 bits per heavy atom. The SMILES string of the molecule is CSc1ccc(CNC(=O)/C=C/c2ccc([N+](=O)[O-])cc2)cc1. The minimum absolute atomic E-state index is 0.0280. The zero-order chi connectivity index (χ0) is 16.7. The van der Waals surface area contributed by atoms with E-state index in [1.807, 2.05) is 30.5 Å². The van der Waals surface area contributed by atoms with Crippen molar-refractivity contribution in [1.29, 1.82) is 0 Å². The quantitative estimate of drug-likeness (QED) is 0.380. The number of thioether (sulfide) groups is 1. The van der Waals surface area contributed by atoms with Gasteiger partial charge < -0.3 is 5.32 Å². The maximum Gasteiger partial charge on any atom is 0.269 e. The molecule has 0 aliphatic carbocycles. The highest BCUT2D eigenvalue weighted by atomic mass is 32.2. The number of benzene rings is 2. The number of rotatable bonds is 6. The molecule has 0 spiro atoms. The van der Waals surface area contributed by atoms with Gasteiger partial charge in [-0.1, -0.05) is 12.1 Å². The predicted molar refractivity (Wildman–Crippen MR) is 92.2 cm³/mol. The Balaban J connectivity index is 1.86. The molecule has 0 heterocycles. The van der Waals surface area contributed by atoms with E-state index >= 15 is 0 Å². The summed E-state index contributed by atoms with van der Waals surface area (Å²) in [5, 5.41) is 13.4. The van der Waals surface area contributed by atoms with Gasteiger partial charge in [-0.3, -0.25) is 14.9 Å². The van der Waals surface area contributed by atoms with Crippen LogP contribution in [0.1, 0.15) is 11.1 Å². The van der Waals surface area contributed by atoms with Crippen LogP contribution in [0.25, 0.3) is 6.08 Å². The molecule has 0 unspecified atom stereocenters. The molecule has 2 aromatic carbocycles. The molecular formula is C17H16N2O3S. The van der Waals surface area contributed by atoms with Crippen molar-refractivity contribution in [3.63, 3.8) is 0 Å². The summed E-state index contributed by atoms with van der Waals surface area (Å²) >= 11 is 1.67. The molecule has 0 aliphatic heterocycles. The molecule has 0 radical (unpaired) electrons. The van der Waals surface area contributed by atoms with Gasteiger partial charge in [0.2, 0.25) is 5.91 Å². The smallest absolute Gasteiger partial charge is 0.269 e. The summed E-state index contributed by atoms with van der Waals surface area (Å²) in [5.41, 5.74) is 1.79. The van der Waals surface area contributed by atoms with Crippen LogP contribution in [0.4, 0.5) is 5.69 Å². The summed E-state index contributed by atoms with van der Waals surface area (Å²) in [6, 6.07) is 14.0. The minimum Gasteiger partial charge on any atom is -0.348 e. The number of carbonyl (C=O) groups excluding carboxylic acids is 1. The molecular weight excluding hydrogens is 312 g/mol. The highest BCUT2D eigenvalue weighted by molar-refractivity contribution is 7.98. The van der Waals surface area contributed by atoms with Gasteiger partial charge in [0.1, 0.15) is 0 Å². The molecule has 6 heteroatoms. The number of nitro benzene ring substituents is 1. The first-order valence-electron chi connectivity index (χ1n) is 6.92. The third kappa shape index (κ3) is 5.27. The van der Waals surface area contributed by atoms with Crippen molar-refractivity contribution < 1.29 is 9.72 Å². The van der Waals surface area contributed by atoms with E-state index in [1.54, 1.807) is 30.0 Å². The van der Waals surface area contributed by atoms with Crippen LogP contribution in [0.2, 0.25) is 0 Å². The van der Waals surface area contributed by atoms with Gasteiger partial charge in [0.25, 0.3) is 5.69 Å². The number of amides is 1. The van der Waals surface area contributed by atoms with Crippen LogP contribution in [0.5, 0.6) is 0 Å². The average Bonchev–Trinajstić information content (AvgIpc) is 2.59. The van der Waals surface area contributed by atoms with Gasteiger partial charge in [-0.2, -0.15) is 0 Å². The molecule has 2 aromatic rings. The highest BCUT2D eigenvalue weighted by Crippen LogP contribution is 2.15. The summed E-state index contributed by atoms with van der Waals surface area (Å²) in [6.07, 6.45) is 5.05. The molecule has 0 fully saturated rings. The molecule has 1 N–H and O–H groups in total. The number of nitrogens with zero attached hydrogens (tertiary/aromatic N) is 1. The maximum atomic E-state index is 11.8. The first kappa shape index (κ1) is 16.8. The molecule has 2 rings (SSSR count). The fourth-order valence-electron chi connectivity index (χ4n) is 1.87. The van der Waals surface area contributed by atoms with Crippen molar-refractivity contribution >= 4 is 29.4 Å². The number of hydrogen-bond donors (Lipinski definition) is 1. The lowest BCUT2D eigenvalue weighted by Crippen LogP contribution is -2.20. The average molecular weight is 328 g/mol. The second-order valence-electron chi connectivity index (χ2n) is 4.75. The van der Waals surface area contributed by atoms with Gasteiger partial charge >= 0.3 is 0 Å². The molecule has 1 amide bonds. The van der Waals surface area contributed by atoms with Crippen LogP contribution < -0.4 is 5.32 Å². The Labute approximate surface area is 138 Å². The van der Waals surface area contributed by atoms with Gasteiger partial charge in [-0.15, -0.1) is 11.8 Å². The van der Waals surface area contributed by atoms with E-state index in [9.17, 15) is 14.9 Å². The second kappa shape index (κ2) is 8.14. The highest BCUT2D eigenvalue weighted by Gasteiger charge is 2.02. The zero-order valence-electron chi connectivity index (χ0n) is 12.6. The van der Waals surface area contributed by atoms with E-state index in [1.165, 1.54) is 23.1 Å². The number of hydrogen-bond acceptors (Lipinski definition) is 4. The third-order valence-electron chi connectivity index (χ3n) is 3.16. The van der Waals surface area contributed by atoms with Crippen LogP contribution in [-0.2, 0) is 11.3 Å². The van der Waals surface area contributed by atoms with Crippen LogP contribution in [-0.4, -0.2) is 17.1 Å². The topological polar surface area (TPSA) is 72.2 Å². The molecule has 0 saturated carbocycles. The number of nitrogens with one attached hydrogen (secondary N) is 1. The van der Waals surface area contributed by atoms with Crippen molar-refractivity contribution in [2.45, 2.75) is 11.4 Å². The van der Waals surface area contributed by atoms with Crippen LogP contribution in [0.3, 0.4) is 0 Å². The number of non-ortho nitro benzene ring substituents is 1. The first-order valence-corrected chi connectivity index (χ1v) is 8.14. The Bertz CT molecular complexity index is 710. The largest absolute Gasteiger partial charge is 0.348 e. The van der Waals surface area contributed by atoms with E-state index in [0.717, 1.165) is 11.1 Å². The third-order valence-corrected chi connectivity index (χ3v) is 3.90. The van der Waals surface area contributed by atoms with Gasteiger partial charge in [0, 0.05) is 29.6 Å². The van der Waals surface area contributed by atoms with Gasteiger partial charge in [-0.05, 0) is 47.7 Å². The van der Waals surface area contributed by atoms with Crippen molar-refractivity contribution in [2.75, 3.05) is 6.26 Å². The van der Waals surface area contributed by atoms with Gasteiger partial charge in [0.05, 0.1) is 4.92 Å². The zero-order valence-corrected chi connectivity index (χ0v) is 13.4. The van der Waals surface area contributed by atoms with Crippen molar-refractivity contribution in [3.8, 4) is 0 Å². The molecule has 5 nitrogen and oxygen atoms in total. The Hall–Kier alpha value is -2.60. The van der Waals surface area contributed by atoms with Gasteiger partial charge in [-0.25, -0.2) is 0 Å². The molecule has 0 aliphatic rings. The second-order valence-corrected chi connectivity index (χ2v) is 5.63. The standard InChI is InChI=1S/C17H16N2O3S/c1-23-16-9-4-14(5-10-16)12-18-17(20)11-6-13-2-7-15(8-3-13)19(21)22/h2-11H,12H2,1H3,(H,18,20)/b11-6+. The van der Waals surface area contributed by atoms with Crippen molar-refractivity contribution in [2.24, 2.45) is 0 Å². The van der Waals surface area contributed by atoms with E-state index in [2.05, 4.69) is 5.32 Å². The summed E-state index contributed by atoms with van der Waals surface area (Å²) in [5.74, 6) is -0.211. The number of nitro groups is 1. The van der Waals surface area contributed by atoms with E-state index in [0.29, 0.717) is 6.54 Å². The predicted octanol–water partition coefficient (Wildman–Crippen LogP) is 3.65. The van der Waals surface area contributed by atoms with E-state index < -0.39 is 4.92 Å². The lowest BCUT2D eigenvalue weighted by Gasteiger charge is -2.03. The monoisotopic (exact) mass is 328 g/mol. The molecule has 0 atom stereocenters. The molecule has 0 saturated heterocycles. The Morgan fingerprint density at radius 1 is 1.17 bits per heavy atom. The van der Waals surface area contributed by atoms with Crippen molar-refractivity contribution in [3.05, 3.63) is 75.8 Å². The Kier molecular flexibility index (Phi) is 5.94. The van der Waals surface area contributed by atoms with Crippen LogP contribution in [0, 0.1) is 10.1 Å². The van der Waals surface area contributed by atoms with E-state index in [4.69, 9.17) is 0 Å². The lowest BCUT2D eigenvalue weighted by atomic mass is 10.2. The normalized spacial score (nSPS) is 10.7. The maximum absolute atomic E-state index is 11.8. The molecule has 0 bridgehead atoms. The first-order chi connectivity index (χ1) is 11.1. The van der Waals surface area contributed by atoms with Crippen molar-refractivity contribution in [1.82, 2.24) is 5.32 Å². The van der Waals surface area contributed by atoms with E-state index in [-0.39, 0.29) is 11.6 Å². The minimum atomic E-state index is -0.456. The number of carbonyl (C=O) groups is 1. The summed E-state index contributed by atoms with van der Waals surface area (Å²) in [7, 11) is 0. The van der Waals surface area contributed by atoms with Gasteiger partial charge in [0.15, 0.2) is 0 Å². The van der Waals surface area contributed by atoms with Crippen LogP contribution in [0.15, 0.2) is 59.5 Å². The molecule has 23 heavy (non-hydrogen) atoms. The lowest BCUT2D eigenvalue weighted by molar-refractivity contribution is -0.384. The fraction of sp³-hybridized carbons (Fsp3) is 0.118. The van der Waals surface area contributed by atoms with Crippen LogP contribution >= 0.6 is 11.8 Å². The molecule has 118 valence electrons. The summed E-state index contributed by atoms with van der Waals surface area (Å²) in [6.45, 7) is 0.456. The summed E-state index contributed by atoms with van der Waals surface area (Å²) < 4.78 is 0. The summed E-state index contributed by atoms with van der Waals surface area (Å²) in [4.78, 5) is 23.1.